The van der Waals surface area contributed by atoms with E-state index in [1.807, 2.05) is 60.7 Å². The fraction of sp³-hybridized carbons (Fsp3) is 0.241. The van der Waals surface area contributed by atoms with Crippen molar-refractivity contribution < 1.29 is 4.79 Å². The number of nitrogens with two attached hydrogens (primary N) is 1. The van der Waals surface area contributed by atoms with Gasteiger partial charge in [0.1, 0.15) is 23.5 Å². The number of terminal acetylenes is 1. The molecule has 1 saturated heterocycles. The molecule has 0 spiro atoms. The van der Waals surface area contributed by atoms with Crippen LogP contribution in [0.4, 0.5) is 5.82 Å². The molecule has 3 aromatic heterocycles. The van der Waals surface area contributed by atoms with Gasteiger partial charge in [0.15, 0.2) is 0 Å². The zero-order valence-electron chi connectivity index (χ0n) is 20.7. The first-order chi connectivity index (χ1) is 17.3. The number of likely N-dealkylation sites (tertiary alicyclic amines) is 1. The molecule has 36 heavy (non-hydrogen) atoms. The Balaban J connectivity index is 1.65. The summed E-state index contributed by atoms with van der Waals surface area (Å²) in [4.78, 5) is 28.4. The van der Waals surface area contributed by atoms with E-state index < -0.39 is 0 Å². The molecule has 0 aliphatic carbocycles. The topological polar surface area (TPSA) is 89.9 Å². The Kier molecular flexibility index (Phi) is 5.81. The highest BCUT2D eigenvalue weighted by molar-refractivity contribution is 6.08. The summed E-state index contributed by atoms with van der Waals surface area (Å²) < 4.78 is 2.00. The first-order valence-electron chi connectivity index (χ1n) is 11.9. The second-order valence-electron chi connectivity index (χ2n) is 9.35. The molecule has 0 saturated carbocycles. The van der Waals surface area contributed by atoms with E-state index in [9.17, 15) is 4.79 Å². The molecule has 1 aliphatic heterocycles. The lowest BCUT2D eigenvalue weighted by Gasteiger charge is -2.25. The highest BCUT2D eigenvalue weighted by atomic mass is 16.2. The predicted octanol–water partition coefficient (Wildman–Crippen LogP) is 4.75. The summed E-state index contributed by atoms with van der Waals surface area (Å²) >= 11 is 0. The van der Waals surface area contributed by atoms with Crippen LogP contribution < -0.4 is 5.73 Å². The van der Waals surface area contributed by atoms with Crippen LogP contribution >= 0.6 is 0 Å². The van der Waals surface area contributed by atoms with Gasteiger partial charge in [0.25, 0.3) is 5.91 Å². The van der Waals surface area contributed by atoms with Gasteiger partial charge in [-0.3, -0.25) is 4.79 Å². The lowest BCUT2D eigenvalue weighted by molar-refractivity contribution is 0.0756. The third kappa shape index (κ3) is 3.72. The first kappa shape index (κ1) is 23.3. The van der Waals surface area contributed by atoms with E-state index in [4.69, 9.17) is 12.2 Å². The van der Waals surface area contributed by atoms with Gasteiger partial charge in [0.05, 0.1) is 17.1 Å². The summed E-state index contributed by atoms with van der Waals surface area (Å²) in [7, 11) is 1.95. The number of carbonyl (C=O) groups is 1. The number of fused-ring (bicyclic) bond motifs is 1. The molecule has 1 aromatic carbocycles. The maximum atomic E-state index is 13.3. The number of aryl methyl sites for hydroxylation is 2. The second kappa shape index (κ2) is 8.97. The van der Waals surface area contributed by atoms with Crippen molar-refractivity contribution in [2.45, 2.75) is 32.7 Å². The number of pyridine rings is 1. The van der Waals surface area contributed by atoms with Gasteiger partial charge >= 0.3 is 0 Å². The number of nitrogens with zero attached hydrogens (tertiary/aromatic N) is 5. The van der Waals surface area contributed by atoms with Crippen molar-refractivity contribution in [3.05, 3.63) is 71.8 Å². The lowest BCUT2D eigenvalue weighted by Crippen LogP contribution is -2.35. The van der Waals surface area contributed by atoms with Gasteiger partial charge in [0, 0.05) is 36.5 Å². The van der Waals surface area contributed by atoms with Crippen LogP contribution in [0.3, 0.4) is 0 Å². The molecule has 1 atom stereocenters. The maximum Gasteiger partial charge on any atom is 0.254 e. The predicted molar refractivity (Wildman–Crippen MR) is 143 cm³/mol. The summed E-state index contributed by atoms with van der Waals surface area (Å²) in [5.74, 6) is 3.01. The van der Waals surface area contributed by atoms with E-state index >= 15 is 0 Å². The summed E-state index contributed by atoms with van der Waals surface area (Å²) in [6.45, 7) is 8.82. The SMILES string of the molecule is C#Cc1cc(C)c(-c2c(-c3ccc(C(=O)N4CCC[C@@H]4C(=C)C)cc3)c3c(N)ncnc3n2C)cn1. The summed E-state index contributed by atoms with van der Waals surface area (Å²) in [5.41, 5.74) is 14.0. The number of hydrogen-bond acceptors (Lipinski definition) is 5. The molecule has 7 heteroatoms. The number of anilines is 1. The first-order valence-corrected chi connectivity index (χ1v) is 11.9. The Morgan fingerprint density at radius 2 is 1.97 bits per heavy atom. The molecule has 7 nitrogen and oxygen atoms in total. The van der Waals surface area contributed by atoms with Crippen molar-refractivity contribution in [2.75, 3.05) is 12.3 Å². The normalized spacial score (nSPS) is 15.3. The molecule has 1 fully saturated rings. The van der Waals surface area contributed by atoms with E-state index in [0.29, 0.717) is 17.1 Å². The number of benzene rings is 1. The van der Waals surface area contributed by atoms with Crippen molar-refractivity contribution in [2.24, 2.45) is 7.05 Å². The van der Waals surface area contributed by atoms with Crippen molar-refractivity contribution in [3.8, 4) is 34.7 Å². The second-order valence-corrected chi connectivity index (χ2v) is 9.35. The monoisotopic (exact) mass is 476 g/mol. The Morgan fingerprint density at radius 3 is 2.64 bits per heavy atom. The molecule has 4 heterocycles. The number of rotatable bonds is 4. The molecule has 0 bridgehead atoms. The van der Waals surface area contributed by atoms with Crippen LogP contribution in [-0.4, -0.2) is 42.9 Å². The Morgan fingerprint density at radius 1 is 1.22 bits per heavy atom. The Labute approximate surface area is 210 Å². The van der Waals surface area contributed by atoms with Crippen molar-refractivity contribution in [3.63, 3.8) is 0 Å². The van der Waals surface area contributed by atoms with Gasteiger partial charge < -0.3 is 15.2 Å². The molecular weight excluding hydrogens is 448 g/mol. The largest absolute Gasteiger partial charge is 0.383 e. The molecular formula is C29H28N6O. The molecule has 180 valence electrons. The number of carbonyl (C=O) groups excluding carboxylic acids is 1. The average molecular weight is 477 g/mol. The van der Waals surface area contributed by atoms with Crippen LogP contribution in [0.2, 0.25) is 0 Å². The van der Waals surface area contributed by atoms with Crippen LogP contribution in [-0.2, 0) is 7.05 Å². The van der Waals surface area contributed by atoms with Gasteiger partial charge in [-0.2, -0.15) is 0 Å². The van der Waals surface area contributed by atoms with Gasteiger partial charge in [-0.15, -0.1) is 6.42 Å². The van der Waals surface area contributed by atoms with Gasteiger partial charge in [-0.25, -0.2) is 15.0 Å². The number of nitrogen functional groups attached to an aromatic ring is 1. The molecule has 0 radical (unpaired) electrons. The number of aromatic nitrogens is 4. The minimum atomic E-state index is 0.0259. The van der Waals surface area contributed by atoms with E-state index in [1.165, 1.54) is 6.33 Å². The quantitative estimate of drug-likeness (QED) is 0.339. The fourth-order valence-corrected chi connectivity index (χ4v) is 5.22. The number of amides is 1. The van der Waals surface area contributed by atoms with Gasteiger partial charge in [0.2, 0.25) is 0 Å². The molecule has 2 N–H and O–H groups in total. The highest BCUT2D eigenvalue weighted by Crippen LogP contribution is 2.42. The van der Waals surface area contributed by atoms with Crippen LogP contribution in [0.5, 0.6) is 0 Å². The summed E-state index contributed by atoms with van der Waals surface area (Å²) in [6.07, 6.45) is 10.8. The Bertz CT molecular complexity index is 1560. The zero-order valence-corrected chi connectivity index (χ0v) is 20.7. The minimum absolute atomic E-state index is 0.0259. The van der Waals surface area contributed by atoms with Crippen LogP contribution in [0.1, 0.15) is 41.4 Å². The zero-order chi connectivity index (χ0) is 25.6. The highest BCUT2D eigenvalue weighted by Gasteiger charge is 2.30. The van der Waals surface area contributed by atoms with Crippen LogP contribution in [0.15, 0.2) is 55.0 Å². The molecule has 4 aromatic rings. The van der Waals surface area contributed by atoms with Crippen LogP contribution in [0.25, 0.3) is 33.4 Å². The van der Waals surface area contributed by atoms with Crippen molar-refractivity contribution in [1.82, 2.24) is 24.4 Å². The van der Waals surface area contributed by atoms with Gasteiger partial charge in [-0.1, -0.05) is 30.2 Å². The molecule has 1 aliphatic rings. The standard InChI is InChI=1S/C29H28N6O/c1-6-21-14-18(4)22(15-31-21)26-24(25-27(30)32-16-33-28(25)34(26)5)19-9-11-20(12-10-19)29(36)35-13-7-8-23(35)17(2)3/h1,9-12,14-16,23H,2,7-8,13H2,3-5H3,(H2,30,32,33)/t23-/m1/s1. The van der Waals surface area contributed by atoms with Crippen molar-refractivity contribution >= 4 is 22.8 Å². The molecule has 0 unspecified atom stereocenters. The van der Waals surface area contributed by atoms with E-state index in [-0.39, 0.29) is 11.9 Å². The molecule has 1 amide bonds. The lowest BCUT2D eigenvalue weighted by atomic mass is 9.96. The third-order valence-corrected chi connectivity index (χ3v) is 7.01. The van der Waals surface area contributed by atoms with E-state index in [0.717, 1.165) is 63.9 Å². The third-order valence-electron chi connectivity index (χ3n) is 7.01. The van der Waals surface area contributed by atoms with E-state index in [1.54, 1.807) is 6.20 Å². The van der Waals surface area contributed by atoms with E-state index in [2.05, 4.69) is 27.5 Å². The molecule has 5 rings (SSSR count). The maximum absolute atomic E-state index is 13.3. The average Bonchev–Trinajstić information content (AvgIpc) is 3.48. The summed E-state index contributed by atoms with van der Waals surface area (Å²) in [5, 5.41) is 0.761. The fourth-order valence-electron chi connectivity index (χ4n) is 5.22. The minimum Gasteiger partial charge on any atom is -0.383 e. The number of hydrogen-bond donors (Lipinski definition) is 1. The van der Waals surface area contributed by atoms with Crippen LogP contribution in [0, 0.1) is 19.3 Å². The van der Waals surface area contributed by atoms with Gasteiger partial charge in [-0.05, 0) is 56.0 Å². The summed E-state index contributed by atoms with van der Waals surface area (Å²) in [6, 6.07) is 9.66. The van der Waals surface area contributed by atoms with Crippen molar-refractivity contribution in [1.29, 1.82) is 0 Å². The Hall–Kier alpha value is -4.44. The smallest absolute Gasteiger partial charge is 0.254 e.